The van der Waals surface area contributed by atoms with Gasteiger partial charge in [-0.25, -0.2) is 17.6 Å². The van der Waals surface area contributed by atoms with Gasteiger partial charge >= 0.3 is 12.0 Å². The van der Waals surface area contributed by atoms with E-state index in [1.807, 2.05) is 5.32 Å². The smallest absolute Gasteiger partial charge is 0.324 e. The van der Waals surface area contributed by atoms with Gasteiger partial charge in [0.1, 0.15) is 16.8 Å². The van der Waals surface area contributed by atoms with Crippen molar-refractivity contribution in [1.29, 1.82) is 0 Å². The molecule has 1 aromatic rings. The van der Waals surface area contributed by atoms with E-state index in [1.165, 1.54) is 19.2 Å². The van der Waals surface area contributed by atoms with Gasteiger partial charge in [-0.15, -0.1) is 0 Å². The van der Waals surface area contributed by atoms with Gasteiger partial charge in [-0.1, -0.05) is 12.1 Å². The van der Waals surface area contributed by atoms with Gasteiger partial charge in [0.15, 0.2) is 6.61 Å². The van der Waals surface area contributed by atoms with Gasteiger partial charge in [0.05, 0.1) is 0 Å². The molecular weight excluding hydrogens is 369 g/mol. The van der Waals surface area contributed by atoms with Crippen LogP contribution in [0.4, 0.5) is 9.18 Å². The van der Waals surface area contributed by atoms with Gasteiger partial charge in [-0.05, 0) is 25.0 Å². The Bertz CT molecular complexity index is 813. The number of hydrogen-bond acceptors (Lipinski definition) is 6. The van der Waals surface area contributed by atoms with Crippen molar-refractivity contribution < 1.29 is 31.9 Å². The first-order chi connectivity index (χ1) is 12.3. The Morgan fingerprint density at radius 1 is 1.31 bits per heavy atom. The number of nitrogens with zero attached hydrogens (tertiary/aromatic N) is 1. The van der Waals surface area contributed by atoms with Gasteiger partial charge < -0.3 is 10.1 Å². The van der Waals surface area contributed by atoms with Crippen LogP contribution < -0.4 is 10.6 Å². The molecule has 0 bridgehead atoms. The molecule has 2 N–H and O–H groups in total. The molecule has 1 heterocycles. The molecule has 1 fully saturated rings. The van der Waals surface area contributed by atoms with Gasteiger partial charge in [-0.3, -0.25) is 14.9 Å². The summed E-state index contributed by atoms with van der Waals surface area (Å²) >= 11 is 0. The number of amides is 3. The molecule has 1 aromatic carbocycles. The first-order valence-corrected chi connectivity index (χ1v) is 9.16. The summed E-state index contributed by atoms with van der Waals surface area (Å²) in [5.74, 6) is -2.72. The van der Waals surface area contributed by atoms with E-state index < -0.39 is 51.3 Å². The number of esters is 1. The molecule has 0 saturated carbocycles. The van der Waals surface area contributed by atoms with Crippen LogP contribution in [0.1, 0.15) is 12.8 Å². The Balaban J connectivity index is 2.07. The van der Waals surface area contributed by atoms with Crippen LogP contribution >= 0.6 is 0 Å². The highest BCUT2D eigenvalue weighted by atomic mass is 32.2. The molecule has 11 heteroatoms. The van der Waals surface area contributed by atoms with Crippen LogP contribution in [-0.4, -0.2) is 56.9 Å². The average Bonchev–Trinajstić information content (AvgIpc) is 3.10. The molecule has 9 nitrogen and oxygen atoms in total. The summed E-state index contributed by atoms with van der Waals surface area (Å²) in [5.41, 5.74) is 0. The van der Waals surface area contributed by atoms with Crippen LogP contribution in [0.25, 0.3) is 0 Å². The Labute approximate surface area is 149 Å². The van der Waals surface area contributed by atoms with Crippen molar-refractivity contribution in [1.82, 2.24) is 14.9 Å². The van der Waals surface area contributed by atoms with Crippen molar-refractivity contribution >= 4 is 27.9 Å². The Morgan fingerprint density at radius 2 is 2.00 bits per heavy atom. The van der Waals surface area contributed by atoms with Crippen LogP contribution in [-0.2, 0) is 24.3 Å². The summed E-state index contributed by atoms with van der Waals surface area (Å²) in [6, 6.07) is 2.93. The fourth-order valence-corrected chi connectivity index (χ4v) is 4.22. The maximum atomic E-state index is 13.9. The van der Waals surface area contributed by atoms with E-state index in [-0.39, 0.29) is 13.0 Å². The summed E-state index contributed by atoms with van der Waals surface area (Å²) in [6.45, 7) is -0.711. The Hall–Kier alpha value is -2.53. The van der Waals surface area contributed by atoms with Crippen LogP contribution in [0.2, 0.25) is 0 Å². The number of carbonyl (C=O) groups is 3. The molecule has 142 valence electrons. The van der Waals surface area contributed by atoms with Crippen molar-refractivity contribution in [2.75, 3.05) is 20.2 Å². The van der Waals surface area contributed by atoms with E-state index in [4.69, 9.17) is 4.74 Å². The number of urea groups is 1. The molecule has 1 aliphatic rings. The summed E-state index contributed by atoms with van der Waals surface area (Å²) in [5, 5.41) is 4.06. The number of carbonyl (C=O) groups excluding carboxylic acids is 3. The molecule has 1 aliphatic heterocycles. The zero-order valence-electron chi connectivity index (χ0n) is 13.9. The van der Waals surface area contributed by atoms with Crippen LogP contribution in [0.15, 0.2) is 29.2 Å². The van der Waals surface area contributed by atoms with Crippen molar-refractivity contribution in [3.8, 4) is 0 Å². The maximum Gasteiger partial charge on any atom is 0.324 e. The summed E-state index contributed by atoms with van der Waals surface area (Å²) in [7, 11) is -2.93. The highest BCUT2D eigenvalue weighted by Crippen LogP contribution is 2.28. The lowest BCUT2D eigenvalue weighted by atomic mass is 10.2. The van der Waals surface area contributed by atoms with Gasteiger partial charge in [0, 0.05) is 13.6 Å². The zero-order chi connectivity index (χ0) is 19.3. The normalized spacial score (nSPS) is 17.5. The summed E-state index contributed by atoms with van der Waals surface area (Å²) in [6.07, 6.45) is 0.571. The lowest BCUT2D eigenvalue weighted by Gasteiger charge is -2.22. The van der Waals surface area contributed by atoms with E-state index in [0.29, 0.717) is 6.42 Å². The van der Waals surface area contributed by atoms with Gasteiger partial charge in [-0.2, -0.15) is 4.31 Å². The SMILES string of the molecule is CNC(=O)NC(=O)COC(=O)[C@@H]1CCCN1S(=O)(=O)c1ccccc1F. The first kappa shape index (κ1) is 19.8. The van der Waals surface area contributed by atoms with E-state index in [9.17, 15) is 27.2 Å². The quantitative estimate of drug-likeness (QED) is 0.685. The number of nitrogens with one attached hydrogen (secondary N) is 2. The van der Waals surface area contributed by atoms with Gasteiger partial charge in [0.25, 0.3) is 5.91 Å². The molecule has 0 aliphatic carbocycles. The lowest BCUT2D eigenvalue weighted by molar-refractivity contribution is -0.151. The fraction of sp³-hybridized carbons (Fsp3) is 0.400. The van der Waals surface area contributed by atoms with E-state index in [1.54, 1.807) is 0 Å². The van der Waals surface area contributed by atoms with Crippen LogP contribution in [0.3, 0.4) is 0 Å². The molecule has 0 aromatic heterocycles. The highest BCUT2D eigenvalue weighted by molar-refractivity contribution is 7.89. The molecule has 2 rings (SSSR count). The highest BCUT2D eigenvalue weighted by Gasteiger charge is 2.41. The standard InChI is InChI=1S/C15H18FN3O6S/c1-17-15(22)18-13(20)9-25-14(21)11-6-4-8-19(11)26(23,24)12-7-3-2-5-10(12)16/h2-3,5,7,11H,4,6,8-9H2,1H3,(H2,17,18,20,22)/t11-/m0/s1. The topological polar surface area (TPSA) is 122 Å². The second-order valence-electron chi connectivity index (χ2n) is 5.44. The lowest BCUT2D eigenvalue weighted by Crippen LogP contribution is -2.44. The Morgan fingerprint density at radius 3 is 2.65 bits per heavy atom. The minimum absolute atomic E-state index is 0.0286. The summed E-state index contributed by atoms with van der Waals surface area (Å²) in [4.78, 5) is 34.1. The maximum absolute atomic E-state index is 13.9. The minimum Gasteiger partial charge on any atom is -0.454 e. The fourth-order valence-electron chi connectivity index (χ4n) is 2.50. The number of imide groups is 1. The second-order valence-corrected chi connectivity index (χ2v) is 7.30. The third-order valence-corrected chi connectivity index (χ3v) is 5.67. The molecule has 0 unspecified atom stereocenters. The van der Waals surface area contributed by atoms with E-state index >= 15 is 0 Å². The van der Waals surface area contributed by atoms with Gasteiger partial charge in [0.2, 0.25) is 10.0 Å². The molecule has 1 atom stereocenters. The molecular formula is C15H18FN3O6S. The number of sulfonamides is 1. The minimum atomic E-state index is -4.23. The van der Waals surface area contributed by atoms with E-state index in [2.05, 4.69) is 5.32 Å². The Kier molecular flexibility index (Phi) is 6.27. The average molecular weight is 387 g/mol. The van der Waals surface area contributed by atoms with Crippen molar-refractivity contribution in [3.63, 3.8) is 0 Å². The third-order valence-electron chi connectivity index (χ3n) is 3.72. The van der Waals surface area contributed by atoms with Crippen molar-refractivity contribution in [2.45, 2.75) is 23.8 Å². The zero-order valence-corrected chi connectivity index (χ0v) is 14.7. The molecule has 0 spiro atoms. The van der Waals surface area contributed by atoms with Crippen LogP contribution in [0, 0.1) is 5.82 Å². The predicted molar refractivity (Wildman–Crippen MR) is 86.9 cm³/mol. The monoisotopic (exact) mass is 387 g/mol. The number of hydrogen-bond donors (Lipinski definition) is 2. The number of halogens is 1. The largest absolute Gasteiger partial charge is 0.454 e. The number of ether oxygens (including phenoxy) is 1. The predicted octanol–water partition coefficient (Wildman–Crippen LogP) is -0.0224. The van der Waals surface area contributed by atoms with Crippen molar-refractivity contribution in [2.24, 2.45) is 0 Å². The third kappa shape index (κ3) is 4.35. The molecule has 3 amide bonds. The van der Waals surface area contributed by atoms with Crippen molar-refractivity contribution in [3.05, 3.63) is 30.1 Å². The van der Waals surface area contributed by atoms with Crippen LogP contribution in [0.5, 0.6) is 0 Å². The first-order valence-electron chi connectivity index (χ1n) is 7.72. The molecule has 26 heavy (non-hydrogen) atoms. The second kappa shape index (κ2) is 8.23. The van der Waals surface area contributed by atoms with E-state index in [0.717, 1.165) is 16.4 Å². The number of rotatable bonds is 5. The summed E-state index contributed by atoms with van der Waals surface area (Å²) < 4.78 is 44.8. The number of benzene rings is 1. The molecule has 0 radical (unpaired) electrons. The molecule has 1 saturated heterocycles.